The Morgan fingerprint density at radius 1 is 1.10 bits per heavy atom. The lowest BCUT2D eigenvalue weighted by Crippen LogP contribution is -2.11. The van der Waals surface area contributed by atoms with Gasteiger partial charge in [-0.15, -0.1) is 0 Å². The van der Waals surface area contributed by atoms with Crippen LogP contribution < -0.4 is 10.5 Å². The molecular formula is C17H29NO2. The first-order valence-electron chi connectivity index (χ1n) is 7.83. The highest BCUT2D eigenvalue weighted by atomic mass is 16.5. The maximum atomic E-state index is 5.81. The number of nitrogens with two attached hydrogens (primary N) is 1. The highest BCUT2D eigenvalue weighted by Crippen LogP contribution is 2.19. The van der Waals surface area contributed by atoms with Crippen LogP contribution in [0.15, 0.2) is 24.3 Å². The van der Waals surface area contributed by atoms with E-state index in [0.717, 1.165) is 25.4 Å². The van der Waals surface area contributed by atoms with Gasteiger partial charge in [0.2, 0.25) is 0 Å². The van der Waals surface area contributed by atoms with E-state index in [1.165, 1.54) is 25.7 Å². The average Bonchev–Trinajstić information content (AvgIpc) is 2.47. The van der Waals surface area contributed by atoms with Gasteiger partial charge in [-0.3, -0.25) is 0 Å². The predicted molar refractivity (Wildman–Crippen MR) is 85.1 cm³/mol. The molecule has 0 saturated carbocycles. The Morgan fingerprint density at radius 2 is 1.90 bits per heavy atom. The zero-order valence-corrected chi connectivity index (χ0v) is 12.9. The van der Waals surface area contributed by atoms with Gasteiger partial charge in [0.05, 0.1) is 12.3 Å². The number of rotatable bonds is 11. The van der Waals surface area contributed by atoms with Crippen LogP contribution in [0.1, 0.15) is 46.0 Å². The highest BCUT2D eigenvalue weighted by molar-refractivity contribution is 5.51. The largest absolute Gasteiger partial charge is 0.491 e. The van der Waals surface area contributed by atoms with E-state index in [2.05, 4.69) is 13.8 Å². The van der Waals surface area contributed by atoms with Crippen LogP contribution in [0.5, 0.6) is 5.75 Å². The summed E-state index contributed by atoms with van der Waals surface area (Å²) in [7, 11) is 0. The van der Waals surface area contributed by atoms with Gasteiger partial charge in [0.15, 0.2) is 0 Å². The maximum Gasteiger partial charge on any atom is 0.142 e. The minimum atomic E-state index is 0.653. The molecule has 0 heterocycles. The summed E-state index contributed by atoms with van der Waals surface area (Å²) in [5, 5.41) is 0. The molecule has 1 rings (SSSR count). The van der Waals surface area contributed by atoms with Crippen LogP contribution >= 0.6 is 0 Å². The molecule has 0 aromatic heterocycles. The first kappa shape index (κ1) is 16.8. The zero-order valence-electron chi connectivity index (χ0n) is 12.9. The van der Waals surface area contributed by atoms with Crippen LogP contribution in [0.25, 0.3) is 0 Å². The van der Waals surface area contributed by atoms with E-state index in [4.69, 9.17) is 15.2 Å². The molecule has 1 unspecified atom stereocenters. The predicted octanol–water partition coefficient (Wildman–Crippen LogP) is 4.27. The molecule has 3 heteroatoms. The SMILES string of the molecule is CCCCC(CC)COCCCOc1ccccc1N. The Kier molecular flexibility index (Phi) is 8.88. The summed E-state index contributed by atoms with van der Waals surface area (Å²) in [6.07, 6.45) is 5.96. The minimum absolute atomic E-state index is 0.653. The fourth-order valence-electron chi connectivity index (χ4n) is 2.10. The van der Waals surface area contributed by atoms with Crippen molar-refractivity contribution < 1.29 is 9.47 Å². The van der Waals surface area contributed by atoms with Crippen molar-refractivity contribution in [3.63, 3.8) is 0 Å². The quantitative estimate of drug-likeness (QED) is 0.486. The molecule has 3 nitrogen and oxygen atoms in total. The van der Waals surface area contributed by atoms with Gasteiger partial charge in [0, 0.05) is 19.6 Å². The lowest BCUT2D eigenvalue weighted by atomic mass is 10.0. The van der Waals surface area contributed by atoms with E-state index in [1.54, 1.807) is 0 Å². The third-order valence-corrected chi connectivity index (χ3v) is 3.51. The van der Waals surface area contributed by atoms with Crippen LogP contribution in [0.2, 0.25) is 0 Å². The molecule has 1 atom stereocenters. The lowest BCUT2D eigenvalue weighted by molar-refractivity contribution is 0.0843. The van der Waals surface area contributed by atoms with E-state index >= 15 is 0 Å². The summed E-state index contributed by atoms with van der Waals surface area (Å²) in [5.41, 5.74) is 6.50. The molecule has 2 N–H and O–H groups in total. The van der Waals surface area contributed by atoms with Crippen molar-refractivity contribution in [2.75, 3.05) is 25.6 Å². The van der Waals surface area contributed by atoms with E-state index in [0.29, 0.717) is 18.2 Å². The van der Waals surface area contributed by atoms with E-state index in [9.17, 15) is 0 Å². The van der Waals surface area contributed by atoms with Crippen molar-refractivity contribution in [2.24, 2.45) is 5.92 Å². The molecule has 0 bridgehead atoms. The molecule has 1 aromatic rings. The van der Waals surface area contributed by atoms with Crippen LogP contribution in [0.4, 0.5) is 5.69 Å². The summed E-state index contributed by atoms with van der Waals surface area (Å²) in [6, 6.07) is 7.59. The maximum absolute atomic E-state index is 5.81. The number of hydrogen-bond donors (Lipinski definition) is 1. The van der Waals surface area contributed by atoms with Crippen molar-refractivity contribution in [2.45, 2.75) is 46.0 Å². The number of nitrogen functional groups attached to an aromatic ring is 1. The second kappa shape index (κ2) is 10.6. The fraction of sp³-hybridized carbons (Fsp3) is 0.647. The fourth-order valence-corrected chi connectivity index (χ4v) is 2.10. The lowest BCUT2D eigenvalue weighted by Gasteiger charge is -2.14. The molecule has 0 spiro atoms. The molecule has 0 aliphatic rings. The summed E-state index contributed by atoms with van der Waals surface area (Å²) in [6.45, 7) is 6.77. The summed E-state index contributed by atoms with van der Waals surface area (Å²) < 4.78 is 11.4. The van der Waals surface area contributed by atoms with E-state index in [-0.39, 0.29) is 0 Å². The molecule has 1 aromatic carbocycles. The van der Waals surface area contributed by atoms with Crippen molar-refractivity contribution in [1.82, 2.24) is 0 Å². The van der Waals surface area contributed by atoms with Gasteiger partial charge in [0.25, 0.3) is 0 Å². The monoisotopic (exact) mass is 279 g/mol. The highest BCUT2D eigenvalue weighted by Gasteiger charge is 2.05. The van der Waals surface area contributed by atoms with Crippen LogP contribution in [0.3, 0.4) is 0 Å². The molecule has 0 radical (unpaired) electrons. The first-order valence-corrected chi connectivity index (χ1v) is 7.83. The van der Waals surface area contributed by atoms with Crippen LogP contribution in [-0.2, 0) is 4.74 Å². The number of unbranched alkanes of at least 4 members (excludes halogenated alkanes) is 1. The number of anilines is 1. The van der Waals surface area contributed by atoms with Gasteiger partial charge in [-0.05, 0) is 24.5 Å². The second-order valence-electron chi connectivity index (χ2n) is 5.23. The number of para-hydroxylation sites is 2. The summed E-state index contributed by atoms with van der Waals surface area (Å²) >= 11 is 0. The van der Waals surface area contributed by atoms with Gasteiger partial charge in [-0.25, -0.2) is 0 Å². The Morgan fingerprint density at radius 3 is 2.60 bits per heavy atom. The number of hydrogen-bond acceptors (Lipinski definition) is 3. The Bertz CT molecular complexity index is 355. The van der Waals surface area contributed by atoms with E-state index in [1.807, 2.05) is 24.3 Å². The van der Waals surface area contributed by atoms with Crippen molar-refractivity contribution >= 4 is 5.69 Å². The molecule has 114 valence electrons. The Balaban J connectivity index is 2.06. The van der Waals surface area contributed by atoms with Crippen molar-refractivity contribution in [1.29, 1.82) is 0 Å². The van der Waals surface area contributed by atoms with Crippen LogP contribution in [0, 0.1) is 5.92 Å². The normalized spacial score (nSPS) is 12.3. The first-order chi connectivity index (χ1) is 9.77. The smallest absolute Gasteiger partial charge is 0.142 e. The van der Waals surface area contributed by atoms with Crippen molar-refractivity contribution in [3.05, 3.63) is 24.3 Å². The molecular weight excluding hydrogens is 250 g/mol. The van der Waals surface area contributed by atoms with Gasteiger partial charge in [0.1, 0.15) is 5.75 Å². The molecule has 0 fully saturated rings. The van der Waals surface area contributed by atoms with E-state index < -0.39 is 0 Å². The molecule has 0 saturated heterocycles. The van der Waals surface area contributed by atoms with Gasteiger partial charge in [-0.2, -0.15) is 0 Å². The third-order valence-electron chi connectivity index (χ3n) is 3.51. The number of ether oxygens (including phenoxy) is 2. The topological polar surface area (TPSA) is 44.5 Å². The zero-order chi connectivity index (χ0) is 14.6. The molecule has 0 aliphatic heterocycles. The Labute approximate surface area is 123 Å². The molecule has 0 aliphatic carbocycles. The Hall–Kier alpha value is -1.22. The summed E-state index contributed by atoms with van der Waals surface area (Å²) in [4.78, 5) is 0. The number of benzene rings is 1. The van der Waals surface area contributed by atoms with Crippen molar-refractivity contribution in [3.8, 4) is 5.75 Å². The third kappa shape index (κ3) is 6.80. The molecule has 0 amide bonds. The molecule has 20 heavy (non-hydrogen) atoms. The van der Waals surface area contributed by atoms with Gasteiger partial charge in [-0.1, -0.05) is 45.2 Å². The van der Waals surface area contributed by atoms with Crippen LogP contribution in [-0.4, -0.2) is 19.8 Å². The second-order valence-corrected chi connectivity index (χ2v) is 5.23. The minimum Gasteiger partial charge on any atom is -0.491 e. The summed E-state index contributed by atoms with van der Waals surface area (Å²) in [5.74, 6) is 1.47. The standard InChI is InChI=1S/C17H29NO2/c1-3-5-9-15(4-2)14-19-12-8-13-20-17-11-7-6-10-16(17)18/h6-7,10-11,15H,3-5,8-9,12-14,18H2,1-2H3. The average molecular weight is 279 g/mol. The van der Waals surface area contributed by atoms with Gasteiger partial charge >= 0.3 is 0 Å². The van der Waals surface area contributed by atoms with Gasteiger partial charge < -0.3 is 15.2 Å².